The molecule has 0 radical (unpaired) electrons. The first-order chi connectivity index (χ1) is 13.1. The summed E-state index contributed by atoms with van der Waals surface area (Å²) in [6.07, 6.45) is 5.92. The van der Waals surface area contributed by atoms with E-state index in [-0.39, 0.29) is 6.03 Å². The Bertz CT molecular complexity index is 845. The number of amides is 2. The number of thiophene rings is 1. The topological polar surface area (TPSA) is 63.3 Å². The molecule has 4 rings (SSSR count). The molecule has 7 heteroatoms. The van der Waals surface area contributed by atoms with Crippen molar-refractivity contribution in [2.75, 3.05) is 5.32 Å². The predicted molar refractivity (Wildman–Crippen MR) is 106 cm³/mol. The number of aryl methyl sites for hydroxylation is 1. The van der Waals surface area contributed by atoms with Gasteiger partial charge in [-0.1, -0.05) is 6.07 Å². The molecule has 1 aliphatic rings. The van der Waals surface area contributed by atoms with Gasteiger partial charge in [-0.2, -0.15) is 5.10 Å². The summed E-state index contributed by atoms with van der Waals surface area (Å²) in [5.74, 6) is 2.21. The average molecular weight is 385 g/mol. The Kier molecular flexibility index (Phi) is 5.03. The van der Waals surface area contributed by atoms with E-state index in [0.29, 0.717) is 25.0 Å². The molecule has 2 amide bonds. The molecule has 0 aliphatic heterocycles. The fraction of sp³-hybridized carbons (Fsp3) is 0.400. The molecule has 27 heavy (non-hydrogen) atoms. The van der Waals surface area contributed by atoms with Gasteiger partial charge >= 0.3 is 6.03 Å². The highest BCUT2D eigenvalue weighted by Crippen LogP contribution is 2.40. The first-order valence-corrected chi connectivity index (χ1v) is 10.1. The minimum Gasteiger partial charge on any atom is -0.467 e. The van der Waals surface area contributed by atoms with Crippen LogP contribution in [0.25, 0.3) is 0 Å². The van der Waals surface area contributed by atoms with Crippen LogP contribution in [0.5, 0.6) is 0 Å². The van der Waals surface area contributed by atoms with Gasteiger partial charge in [0.15, 0.2) is 0 Å². The second-order valence-electron chi connectivity index (χ2n) is 7.14. The van der Waals surface area contributed by atoms with E-state index in [0.717, 1.165) is 22.0 Å². The number of anilines is 1. The Hall–Kier alpha value is -2.54. The number of carbonyl (C=O) groups excluding carboxylic acids is 1. The van der Waals surface area contributed by atoms with E-state index < -0.39 is 0 Å². The van der Waals surface area contributed by atoms with Gasteiger partial charge < -0.3 is 9.32 Å². The molecule has 3 heterocycles. The lowest BCUT2D eigenvalue weighted by Crippen LogP contribution is -2.34. The monoisotopic (exact) mass is 384 g/mol. The van der Waals surface area contributed by atoms with Gasteiger partial charge in [0.1, 0.15) is 11.6 Å². The van der Waals surface area contributed by atoms with Crippen molar-refractivity contribution in [3.8, 4) is 0 Å². The van der Waals surface area contributed by atoms with E-state index in [1.165, 1.54) is 12.8 Å². The van der Waals surface area contributed by atoms with Crippen molar-refractivity contribution < 1.29 is 9.21 Å². The van der Waals surface area contributed by atoms with Crippen LogP contribution in [-0.4, -0.2) is 20.7 Å². The molecular formula is C20H24N4O2S. The fourth-order valence-corrected chi connectivity index (χ4v) is 3.97. The van der Waals surface area contributed by atoms with Gasteiger partial charge in [0.05, 0.1) is 31.6 Å². The molecule has 1 saturated carbocycles. The first kappa shape index (κ1) is 17.9. The zero-order valence-electron chi connectivity index (χ0n) is 15.6. The summed E-state index contributed by atoms with van der Waals surface area (Å²) in [5, 5.41) is 9.63. The smallest absolute Gasteiger partial charge is 0.323 e. The van der Waals surface area contributed by atoms with E-state index in [2.05, 4.69) is 17.3 Å². The second kappa shape index (κ2) is 7.60. The van der Waals surface area contributed by atoms with Crippen molar-refractivity contribution in [2.45, 2.75) is 45.8 Å². The molecular weight excluding hydrogens is 360 g/mol. The molecule has 0 unspecified atom stereocenters. The minimum atomic E-state index is -0.146. The zero-order chi connectivity index (χ0) is 18.8. The van der Waals surface area contributed by atoms with Crippen LogP contribution in [-0.2, 0) is 13.1 Å². The molecule has 6 nitrogen and oxygen atoms in total. The van der Waals surface area contributed by atoms with Crippen LogP contribution in [0.4, 0.5) is 10.6 Å². The molecule has 1 aliphatic carbocycles. The minimum absolute atomic E-state index is 0.146. The number of urea groups is 1. The Morgan fingerprint density at radius 3 is 2.93 bits per heavy atom. The average Bonchev–Trinajstić information content (AvgIpc) is 3.02. The van der Waals surface area contributed by atoms with E-state index >= 15 is 0 Å². The lowest BCUT2D eigenvalue weighted by molar-refractivity contribution is 0.201. The van der Waals surface area contributed by atoms with Crippen LogP contribution in [0.2, 0.25) is 0 Å². The van der Waals surface area contributed by atoms with Gasteiger partial charge in [-0.05, 0) is 56.2 Å². The zero-order valence-corrected chi connectivity index (χ0v) is 16.4. The number of furan rings is 1. The third kappa shape index (κ3) is 4.08. The van der Waals surface area contributed by atoms with Crippen LogP contribution >= 0.6 is 11.3 Å². The molecule has 1 fully saturated rings. The molecule has 1 N–H and O–H groups in total. The lowest BCUT2D eigenvalue weighted by Gasteiger charge is -2.23. The van der Waals surface area contributed by atoms with Gasteiger partial charge in [0.2, 0.25) is 0 Å². The van der Waals surface area contributed by atoms with E-state index in [9.17, 15) is 4.79 Å². The standard InChI is InChI=1S/C20H24N4O2S/c1-14-11-21-24(15(2)16-7-8-16)19(14)22-20(25)23(12-17-5-3-9-26-17)13-18-6-4-10-27-18/h3-6,9-11,15-16H,7-8,12-13H2,1-2H3,(H,22,25)/t15-/m0/s1. The third-order valence-corrected chi connectivity index (χ3v) is 5.90. The van der Waals surface area contributed by atoms with Crippen LogP contribution in [0.1, 0.15) is 42.0 Å². The molecule has 3 aromatic heterocycles. The Morgan fingerprint density at radius 1 is 1.41 bits per heavy atom. The normalized spacial score (nSPS) is 14.9. The van der Waals surface area contributed by atoms with E-state index in [1.54, 1.807) is 22.5 Å². The number of carbonyl (C=O) groups is 1. The summed E-state index contributed by atoms with van der Waals surface area (Å²) in [6, 6.07) is 7.92. The van der Waals surface area contributed by atoms with E-state index in [1.807, 2.05) is 47.4 Å². The summed E-state index contributed by atoms with van der Waals surface area (Å²) in [7, 11) is 0. The number of rotatable bonds is 7. The van der Waals surface area contributed by atoms with Crippen molar-refractivity contribution in [2.24, 2.45) is 5.92 Å². The highest BCUT2D eigenvalue weighted by Gasteiger charge is 2.31. The van der Waals surface area contributed by atoms with Gasteiger partial charge in [0.25, 0.3) is 0 Å². The van der Waals surface area contributed by atoms with Crippen molar-refractivity contribution in [1.29, 1.82) is 0 Å². The molecule has 3 aromatic rings. The van der Waals surface area contributed by atoms with Crippen LogP contribution < -0.4 is 5.32 Å². The molecule has 0 bridgehead atoms. The highest BCUT2D eigenvalue weighted by atomic mass is 32.1. The summed E-state index contributed by atoms with van der Waals surface area (Å²) in [5.41, 5.74) is 0.977. The maximum Gasteiger partial charge on any atom is 0.323 e. The lowest BCUT2D eigenvalue weighted by atomic mass is 10.2. The number of nitrogens with one attached hydrogen (secondary N) is 1. The molecule has 142 valence electrons. The van der Waals surface area contributed by atoms with Crippen molar-refractivity contribution in [3.63, 3.8) is 0 Å². The third-order valence-electron chi connectivity index (χ3n) is 5.03. The van der Waals surface area contributed by atoms with Gasteiger partial charge in [-0.25, -0.2) is 9.48 Å². The summed E-state index contributed by atoms with van der Waals surface area (Å²) >= 11 is 1.64. The van der Waals surface area contributed by atoms with Crippen LogP contribution in [0, 0.1) is 12.8 Å². The Balaban J connectivity index is 1.53. The van der Waals surface area contributed by atoms with Gasteiger partial charge in [-0.3, -0.25) is 5.32 Å². The maximum absolute atomic E-state index is 13.1. The second-order valence-corrected chi connectivity index (χ2v) is 8.18. The number of aromatic nitrogens is 2. The summed E-state index contributed by atoms with van der Waals surface area (Å²) in [6.45, 7) is 5.11. The Labute approximate surface area is 162 Å². The van der Waals surface area contributed by atoms with E-state index in [4.69, 9.17) is 4.42 Å². The van der Waals surface area contributed by atoms with Crippen LogP contribution in [0.15, 0.2) is 46.5 Å². The van der Waals surface area contributed by atoms with Crippen molar-refractivity contribution in [1.82, 2.24) is 14.7 Å². The number of hydrogen-bond donors (Lipinski definition) is 1. The summed E-state index contributed by atoms with van der Waals surface area (Å²) < 4.78 is 7.42. The molecule has 0 aromatic carbocycles. The maximum atomic E-state index is 13.1. The van der Waals surface area contributed by atoms with Crippen LogP contribution in [0.3, 0.4) is 0 Å². The molecule has 1 atom stereocenters. The first-order valence-electron chi connectivity index (χ1n) is 9.26. The quantitative estimate of drug-likeness (QED) is 0.620. The van der Waals surface area contributed by atoms with Crippen molar-refractivity contribution in [3.05, 3.63) is 58.3 Å². The summed E-state index contributed by atoms with van der Waals surface area (Å²) in [4.78, 5) is 16.0. The fourth-order valence-electron chi connectivity index (χ4n) is 3.25. The SMILES string of the molecule is Cc1cnn([C@@H](C)C2CC2)c1NC(=O)N(Cc1ccco1)Cc1cccs1. The van der Waals surface area contributed by atoms with Crippen molar-refractivity contribution >= 4 is 23.2 Å². The molecule has 0 saturated heterocycles. The van der Waals surface area contributed by atoms with Gasteiger partial charge in [0, 0.05) is 10.4 Å². The van der Waals surface area contributed by atoms with Gasteiger partial charge in [-0.15, -0.1) is 11.3 Å². The number of hydrogen-bond acceptors (Lipinski definition) is 4. The molecule has 0 spiro atoms. The Morgan fingerprint density at radius 2 is 2.26 bits per heavy atom. The predicted octanol–water partition coefficient (Wildman–Crippen LogP) is 5.05. The largest absolute Gasteiger partial charge is 0.467 e. The highest BCUT2D eigenvalue weighted by molar-refractivity contribution is 7.09. The number of nitrogens with zero attached hydrogens (tertiary/aromatic N) is 3.